The number of sulfone groups is 1. The molecule has 2 fully saturated rings. The summed E-state index contributed by atoms with van der Waals surface area (Å²) in [7, 11) is 0.234. The highest BCUT2D eigenvalue weighted by Crippen LogP contribution is 2.44. The lowest BCUT2D eigenvalue weighted by Crippen LogP contribution is -2.48. The largest absolute Gasteiger partial charge is 0.353 e. The number of hydrogen-bond donors (Lipinski definition) is 2. The van der Waals surface area contributed by atoms with Crippen LogP contribution < -0.4 is 10.6 Å². The molecule has 2 aliphatic carbocycles. The molecule has 9 heteroatoms. The van der Waals surface area contributed by atoms with Gasteiger partial charge in [-0.15, -0.1) is 24.0 Å². The Morgan fingerprint density at radius 1 is 1.23 bits per heavy atom. The third-order valence-corrected chi connectivity index (χ3v) is 7.28. The smallest absolute Gasteiger partial charge is 0.241 e. The average Bonchev–Trinajstić information content (AvgIpc) is 3.25. The van der Waals surface area contributed by atoms with Gasteiger partial charge in [0.25, 0.3) is 0 Å². The van der Waals surface area contributed by atoms with Gasteiger partial charge in [-0.3, -0.25) is 4.79 Å². The highest BCUT2D eigenvalue weighted by molar-refractivity contribution is 14.0. The van der Waals surface area contributed by atoms with E-state index in [1.165, 1.54) is 25.5 Å². The molecule has 2 saturated carbocycles. The van der Waals surface area contributed by atoms with Crippen molar-refractivity contribution in [2.75, 3.05) is 26.9 Å². The standard InChI is InChI=1S/C21H32N4O3S.HI/c1-14-9-16(6-8-19(14)29(4,27)28)12-22-21(23-13-20(26)25(2)3)24-18-11-15-5-7-17(18)10-15;/h6,8-9,15,17-18H,5,7,10-13H2,1-4H3,(H2,22,23,24);1H. The Morgan fingerprint density at radius 3 is 2.50 bits per heavy atom. The van der Waals surface area contributed by atoms with Gasteiger partial charge in [0, 0.05) is 26.4 Å². The van der Waals surface area contributed by atoms with Crippen LogP contribution in [0.4, 0.5) is 0 Å². The van der Waals surface area contributed by atoms with Gasteiger partial charge in [-0.2, -0.15) is 0 Å². The molecular weight excluding hydrogens is 515 g/mol. The fraction of sp³-hybridized carbons (Fsp3) is 0.619. The van der Waals surface area contributed by atoms with Crippen molar-refractivity contribution in [1.29, 1.82) is 0 Å². The van der Waals surface area contributed by atoms with Crippen molar-refractivity contribution in [3.05, 3.63) is 29.3 Å². The lowest BCUT2D eigenvalue weighted by Gasteiger charge is -2.25. The second kappa shape index (κ2) is 10.3. The van der Waals surface area contributed by atoms with E-state index in [-0.39, 0.29) is 36.4 Å². The van der Waals surface area contributed by atoms with Crippen molar-refractivity contribution in [3.63, 3.8) is 0 Å². The molecule has 0 aliphatic heterocycles. The number of benzene rings is 1. The van der Waals surface area contributed by atoms with Gasteiger partial charge in [-0.05, 0) is 55.2 Å². The Labute approximate surface area is 197 Å². The van der Waals surface area contributed by atoms with Crippen molar-refractivity contribution < 1.29 is 13.2 Å². The van der Waals surface area contributed by atoms with Gasteiger partial charge in [0.15, 0.2) is 15.8 Å². The predicted octanol–water partition coefficient (Wildman–Crippen LogP) is 2.33. The van der Waals surface area contributed by atoms with Gasteiger partial charge < -0.3 is 15.5 Å². The lowest BCUT2D eigenvalue weighted by atomic mass is 9.95. The highest BCUT2D eigenvalue weighted by Gasteiger charge is 2.39. The zero-order valence-corrected chi connectivity index (χ0v) is 21.3. The molecule has 1 aromatic carbocycles. The minimum absolute atomic E-state index is 0. The van der Waals surface area contributed by atoms with E-state index in [1.807, 2.05) is 6.07 Å². The number of nitrogens with zero attached hydrogens (tertiary/aromatic N) is 2. The molecule has 7 nitrogen and oxygen atoms in total. The predicted molar refractivity (Wildman–Crippen MR) is 130 cm³/mol. The number of aliphatic imine (C=N–C) groups is 1. The topological polar surface area (TPSA) is 90.9 Å². The number of halogens is 1. The molecule has 0 aromatic heterocycles. The number of amides is 1. The van der Waals surface area contributed by atoms with Gasteiger partial charge in [-0.1, -0.05) is 18.6 Å². The average molecular weight is 548 g/mol. The highest BCUT2D eigenvalue weighted by atomic mass is 127. The van der Waals surface area contributed by atoms with Gasteiger partial charge >= 0.3 is 0 Å². The number of carbonyl (C=O) groups is 1. The molecule has 1 amide bonds. The van der Waals surface area contributed by atoms with Crippen molar-refractivity contribution in [2.45, 2.75) is 50.1 Å². The minimum atomic E-state index is -3.23. The minimum Gasteiger partial charge on any atom is -0.353 e. The molecule has 0 saturated heterocycles. The summed E-state index contributed by atoms with van der Waals surface area (Å²) in [5.74, 6) is 2.13. The van der Waals surface area contributed by atoms with Crippen LogP contribution in [0.1, 0.15) is 36.8 Å². The van der Waals surface area contributed by atoms with E-state index >= 15 is 0 Å². The summed E-state index contributed by atoms with van der Waals surface area (Å²) in [6, 6.07) is 5.71. The lowest BCUT2D eigenvalue weighted by molar-refractivity contribution is -0.127. The molecule has 30 heavy (non-hydrogen) atoms. The van der Waals surface area contributed by atoms with E-state index in [0.29, 0.717) is 29.4 Å². The second-order valence-electron chi connectivity index (χ2n) is 8.60. The Kier molecular flexibility index (Phi) is 8.55. The summed E-state index contributed by atoms with van der Waals surface area (Å²) in [4.78, 5) is 18.6. The Morgan fingerprint density at radius 2 is 1.97 bits per heavy atom. The summed E-state index contributed by atoms with van der Waals surface area (Å²) in [6.07, 6.45) is 6.26. The molecule has 3 atom stereocenters. The maximum Gasteiger partial charge on any atom is 0.241 e. The van der Waals surface area contributed by atoms with E-state index in [1.54, 1.807) is 38.1 Å². The second-order valence-corrected chi connectivity index (χ2v) is 10.6. The molecule has 1 aromatic rings. The van der Waals surface area contributed by atoms with Gasteiger partial charge in [-0.25, -0.2) is 13.4 Å². The van der Waals surface area contributed by atoms with E-state index < -0.39 is 9.84 Å². The number of likely N-dealkylation sites (N-methyl/N-ethyl adjacent to an activating group) is 1. The number of carbonyl (C=O) groups excluding carboxylic acids is 1. The quantitative estimate of drug-likeness (QED) is 0.324. The first-order valence-electron chi connectivity index (χ1n) is 10.2. The molecular formula is C21H33IN4O3S. The molecule has 0 spiro atoms. The van der Waals surface area contributed by atoms with Gasteiger partial charge in [0.05, 0.1) is 18.0 Å². The third-order valence-electron chi connectivity index (χ3n) is 6.02. The van der Waals surface area contributed by atoms with Crippen LogP contribution in [0, 0.1) is 18.8 Å². The van der Waals surface area contributed by atoms with E-state index in [9.17, 15) is 13.2 Å². The van der Waals surface area contributed by atoms with Crippen LogP contribution in [0.25, 0.3) is 0 Å². The zero-order valence-electron chi connectivity index (χ0n) is 18.1. The third kappa shape index (κ3) is 6.32. The van der Waals surface area contributed by atoms with E-state index in [4.69, 9.17) is 0 Å². The molecule has 2 N–H and O–H groups in total. The molecule has 0 heterocycles. The molecule has 3 rings (SSSR count). The molecule has 0 radical (unpaired) electrons. The molecule has 168 valence electrons. The van der Waals surface area contributed by atoms with Crippen molar-refractivity contribution >= 4 is 45.7 Å². The first-order valence-corrected chi connectivity index (χ1v) is 12.1. The van der Waals surface area contributed by atoms with Crippen molar-refractivity contribution in [1.82, 2.24) is 15.5 Å². The Balaban J connectivity index is 0.00000320. The number of aryl methyl sites for hydroxylation is 1. The number of rotatable bonds is 6. The van der Waals surface area contributed by atoms with Crippen LogP contribution in [0.2, 0.25) is 0 Å². The summed E-state index contributed by atoms with van der Waals surface area (Å²) < 4.78 is 23.6. The van der Waals surface area contributed by atoms with Gasteiger partial charge in [0.1, 0.15) is 0 Å². The first kappa shape index (κ1) is 24.9. The number of nitrogens with one attached hydrogen (secondary N) is 2. The van der Waals surface area contributed by atoms with Crippen LogP contribution in [0.15, 0.2) is 28.1 Å². The SMILES string of the molecule is Cc1cc(CN=C(NCC(=O)N(C)C)NC2CC3CCC2C3)ccc1S(C)(=O)=O.I. The summed E-state index contributed by atoms with van der Waals surface area (Å²) in [5.41, 5.74) is 1.65. The summed E-state index contributed by atoms with van der Waals surface area (Å²) >= 11 is 0. The maximum atomic E-state index is 12.0. The molecule has 2 bridgehead atoms. The van der Waals surface area contributed by atoms with Crippen LogP contribution >= 0.6 is 24.0 Å². The molecule has 3 unspecified atom stereocenters. The fourth-order valence-electron chi connectivity index (χ4n) is 4.46. The van der Waals surface area contributed by atoms with E-state index in [2.05, 4.69) is 15.6 Å². The van der Waals surface area contributed by atoms with E-state index in [0.717, 1.165) is 23.5 Å². The number of guanidine groups is 1. The number of hydrogen-bond acceptors (Lipinski definition) is 4. The number of fused-ring (bicyclic) bond motifs is 2. The summed E-state index contributed by atoms with van der Waals surface area (Å²) in [5, 5.41) is 6.69. The molecule has 2 aliphatic rings. The zero-order chi connectivity index (χ0) is 21.2. The maximum absolute atomic E-state index is 12.0. The Hall–Kier alpha value is -1.36. The first-order chi connectivity index (χ1) is 13.6. The van der Waals surface area contributed by atoms with Crippen LogP contribution in [0.5, 0.6) is 0 Å². The van der Waals surface area contributed by atoms with Gasteiger partial charge in [0.2, 0.25) is 5.91 Å². The van der Waals surface area contributed by atoms with Crippen LogP contribution in [-0.2, 0) is 21.2 Å². The van der Waals surface area contributed by atoms with Crippen LogP contribution in [0.3, 0.4) is 0 Å². The fourth-order valence-corrected chi connectivity index (χ4v) is 5.42. The van der Waals surface area contributed by atoms with Crippen molar-refractivity contribution in [3.8, 4) is 0 Å². The normalized spacial score (nSPS) is 23.1. The summed E-state index contributed by atoms with van der Waals surface area (Å²) in [6.45, 7) is 2.40. The van der Waals surface area contributed by atoms with Crippen LogP contribution in [-0.4, -0.2) is 58.1 Å². The monoisotopic (exact) mass is 548 g/mol. The Bertz CT molecular complexity index is 902. The van der Waals surface area contributed by atoms with Crippen molar-refractivity contribution in [2.24, 2.45) is 16.8 Å².